The van der Waals surface area contributed by atoms with Crippen LogP contribution in [0.5, 0.6) is 5.75 Å². The predicted molar refractivity (Wildman–Crippen MR) is 105 cm³/mol. The summed E-state index contributed by atoms with van der Waals surface area (Å²) in [6.07, 6.45) is 0. The van der Waals surface area contributed by atoms with Gasteiger partial charge in [0.2, 0.25) is 5.91 Å². The standard InChI is InChI=1S/C22H22N2O2/c1-17(25)24-21-11-9-20(10-12-21)23-15-18-7-13-22(14-8-18)26-16-19-5-3-2-4-6-19/h2-14,23H,15-16H2,1H3,(H,24,25). The molecule has 26 heavy (non-hydrogen) atoms. The first-order valence-electron chi connectivity index (χ1n) is 8.56. The average molecular weight is 346 g/mol. The van der Waals surface area contributed by atoms with Crippen molar-refractivity contribution in [2.24, 2.45) is 0 Å². The van der Waals surface area contributed by atoms with Crippen LogP contribution in [0.1, 0.15) is 18.1 Å². The third-order valence-corrected chi connectivity index (χ3v) is 3.87. The molecule has 0 aliphatic heterocycles. The maximum Gasteiger partial charge on any atom is 0.221 e. The molecule has 0 aliphatic rings. The van der Waals surface area contributed by atoms with E-state index in [9.17, 15) is 4.79 Å². The summed E-state index contributed by atoms with van der Waals surface area (Å²) in [6, 6.07) is 25.9. The van der Waals surface area contributed by atoms with Crippen LogP contribution in [-0.4, -0.2) is 5.91 Å². The molecule has 3 aromatic rings. The minimum atomic E-state index is -0.0692. The number of carbonyl (C=O) groups is 1. The van der Waals surface area contributed by atoms with Crippen molar-refractivity contribution in [1.29, 1.82) is 0 Å². The van der Waals surface area contributed by atoms with E-state index in [4.69, 9.17) is 4.74 Å². The van der Waals surface area contributed by atoms with E-state index in [0.29, 0.717) is 6.61 Å². The smallest absolute Gasteiger partial charge is 0.221 e. The van der Waals surface area contributed by atoms with Crippen LogP contribution in [0.25, 0.3) is 0 Å². The van der Waals surface area contributed by atoms with Crippen molar-refractivity contribution < 1.29 is 9.53 Å². The highest BCUT2D eigenvalue weighted by Gasteiger charge is 1.99. The first kappa shape index (κ1) is 17.5. The molecule has 0 aromatic heterocycles. The molecule has 1 amide bonds. The van der Waals surface area contributed by atoms with Crippen molar-refractivity contribution in [1.82, 2.24) is 0 Å². The summed E-state index contributed by atoms with van der Waals surface area (Å²) in [5, 5.41) is 6.12. The van der Waals surface area contributed by atoms with Gasteiger partial charge in [0, 0.05) is 24.8 Å². The number of carbonyl (C=O) groups excluding carboxylic acids is 1. The van der Waals surface area contributed by atoms with E-state index in [0.717, 1.165) is 29.2 Å². The summed E-state index contributed by atoms with van der Waals surface area (Å²) < 4.78 is 5.80. The molecule has 0 radical (unpaired) electrons. The summed E-state index contributed by atoms with van der Waals surface area (Å²) in [4.78, 5) is 11.0. The average Bonchev–Trinajstić information content (AvgIpc) is 2.67. The van der Waals surface area contributed by atoms with Crippen molar-refractivity contribution >= 4 is 17.3 Å². The molecule has 0 aliphatic carbocycles. The number of benzene rings is 3. The number of hydrogen-bond donors (Lipinski definition) is 2. The second-order valence-electron chi connectivity index (χ2n) is 6.03. The highest BCUT2D eigenvalue weighted by molar-refractivity contribution is 5.88. The summed E-state index contributed by atoms with van der Waals surface area (Å²) in [5.74, 6) is 0.789. The molecule has 0 atom stereocenters. The van der Waals surface area contributed by atoms with E-state index < -0.39 is 0 Å². The topological polar surface area (TPSA) is 50.4 Å². The van der Waals surface area contributed by atoms with Crippen LogP contribution in [0.4, 0.5) is 11.4 Å². The molecule has 0 heterocycles. The second kappa shape index (κ2) is 8.72. The molecule has 2 N–H and O–H groups in total. The van der Waals surface area contributed by atoms with Gasteiger partial charge in [-0.3, -0.25) is 4.79 Å². The second-order valence-corrected chi connectivity index (χ2v) is 6.03. The Morgan fingerprint density at radius 1 is 0.808 bits per heavy atom. The lowest BCUT2D eigenvalue weighted by molar-refractivity contribution is -0.114. The van der Waals surface area contributed by atoms with Crippen LogP contribution in [0.15, 0.2) is 78.9 Å². The van der Waals surface area contributed by atoms with Crippen LogP contribution in [-0.2, 0) is 17.9 Å². The molecule has 0 fully saturated rings. The summed E-state index contributed by atoms with van der Waals surface area (Å²) in [6.45, 7) is 2.79. The van der Waals surface area contributed by atoms with Gasteiger partial charge in [-0.1, -0.05) is 42.5 Å². The van der Waals surface area contributed by atoms with Gasteiger partial charge in [-0.05, 0) is 47.5 Å². The molecular weight excluding hydrogens is 324 g/mol. The quantitative estimate of drug-likeness (QED) is 0.644. The van der Waals surface area contributed by atoms with Crippen molar-refractivity contribution in [2.75, 3.05) is 10.6 Å². The Hall–Kier alpha value is -3.27. The highest BCUT2D eigenvalue weighted by Crippen LogP contribution is 2.17. The number of hydrogen-bond acceptors (Lipinski definition) is 3. The van der Waals surface area contributed by atoms with Gasteiger partial charge in [0.05, 0.1) is 0 Å². The maximum atomic E-state index is 11.0. The van der Waals surface area contributed by atoms with E-state index in [2.05, 4.69) is 34.9 Å². The van der Waals surface area contributed by atoms with Crippen molar-refractivity contribution in [2.45, 2.75) is 20.1 Å². The lowest BCUT2D eigenvalue weighted by Crippen LogP contribution is -2.05. The third-order valence-electron chi connectivity index (χ3n) is 3.87. The minimum Gasteiger partial charge on any atom is -0.489 e. The molecule has 3 aromatic carbocycles. The Kier molecular flexibility index (Phi) is 5.88. The van der Waals surface area contributed by atoms with Crippen LogP contribution in [0.2, 0.25) is 0 Å². The van der Waals surface area contributed by atoms with Gasteiger partial charge in [0.25, 0.3) is 0 Å². The summed E-state index contributed by atoms with van der Waals surface area (Å²) in [5.41, 5.74) is 4.12. The van der Waals surface area contributed by atoms with Gasteiger partial charge in [0.1, 0.15) is 12.4 Å². The van der Waals surface area contributed by atoms with Crippen LogP contribution >= 0.6 is 0 Å². The van der Waals surface area contributed by atoms with E-state index in [1.165, 1.54) is 12.5 Å². The number of nitrogens with one attached hydrogen (secondary N) is 2. The fourth-order valence-electron chi connectivity index (χ4n) is 2.52. The Morgan fingerprint density at radius 3 is 2.12 bits per heavy atom. The van der Waals surface area contributed by atoms with Crippen molar-refractivity contribution in [3.63, 3.8) is 0 Å². The van der Waals surface area contributed by atoms with E-state index in [1.807, 2.05) is 54.6 Å². The molecule has 3 rings (SSSR count). The van der Waals surface area contributed by atoms with Crippen molar-refractivity contribution in [3.8, 4) is 5.75 Å². The first-order chi connectivity index (χ1) is 12.7. The van der Waals surface area contributed by atoms with Crippen LogP contribution in [0, 0.1) is 0 Å². The normalized spacial score (nSPS) is 10.2. The fraction of sp³-hybridized carbons (Fsp3) is 0.136. The summed E-state index contributed by atoms with van der Waals surface area (Å²) in [7, 11) is 0. The fourth-order valence-corrected chi connectivity index (χ4v) is 2.52. The number of ether oxygens (including phenoxy) is 1. The SMILES string of the molecule is CC(=O)Nc1ccc(NCc2ccc(OCc3ccccc3)cc2)cc1. The Labute approximate surface area is 153 Å². The highest BCUT2D eigenvalue weighted by atomic mass is 16.5. The minimum absolute atomic E-state index is 0.0692. The largest absolute Gasteiger partial charge is 0.489 e. The van der Waals surface area contributed by atoms with Gasteiger partial charge in [-0.2, -0.15) is 0 Å². The van der Waals surface area contributed by atoms with Gasteiger partial charge in [0.15, 0.2) is 0 Å². The third kappa shape index (κ3) is 5.38. The number of anilines is 2. The van der Waals surface area contributed by atoms with Gasteiger partial charge >= 0.3 is 0 Å². The first-order valence-corrected chi connectivity index (χ1v) is 8.56. The molecule has 0 saturated heterocycles. The Balaban J connectivity index is 1.49. The monoisotopic (exact) mass is 346 g/mol. The van der Waals surface area contributed by atoms with Crippen LogP contribution in [0.3, 0.4) is 0 Å². The van der Waals surface area contributed by atoms with Gasteiger partial charge in [-0.25, -0.2) is 0 Å². The lowest BCUT2D eigenvalue weighted by Gasteiger charge is -2.10. The number of rotatable bonds is 7. The molecule has 0 saturated carbocycles. The summed E-state index contributed by atoms with van der Waals surface area (Å²) >= 11 is 0. The van der Waals surface area contributed by atoms with Gasteiger partial charge < -0.3 is 15.4 Å². The zero-order valence-electron chi connectivity index (χ0n) is 14.7. The molecule has 0 unspecified atom stereocenters. The molecule has 0 spiro atoms. The Bertz CT molecular complexity index is 828. The van der Waals surface area contributed by atoms with Gasteiger partial charge in [-0.15, -0.1) is 0 Å². The maximum absolute atomic E-state index is 11.0. The zero-order valence-corrected chi connectivity index (χ0v) is 14.7. The molecule has 0 bridgehead atoms. The van der Waals surface area contributed by atoms with E-state index in [1.54, 1.807) is 0 Å². The lowest BCUT2D eigenvalue weighted by atomic mass is 10.2. The Morgan fingerprint density at radius 2 is 1.46 bits per heavy atom. The molecule has 132 valence electrons. The zero-order chi connectivity index (χ0) is 18.2. The number of amides is 1. The molecule has 4 nitrogen and oxygen atoms in total. The van der Waals surface area contributed by atoms with E-state index >= 15 is 0 Å². The predicted octanol–water partition coefficient (Wildman–Crippen LogP) is 4.84. The molecule has 4 heteroatoms. The van der Waals surface area contributed by atoms with Crippen molar-refractivity contribution in [3.05, 3.63) is 90.0 Å². The van der Waals surface area contributed by atoms with E-state index in [-0.39, 0.29) is 5.91 Å². The molecular formula is C22H22N2O2. The van der Waals surface area contributed by atoms with Crippen LogP contribution < -0.4 is 15.4 Å².